The number of halogens is 1. The van der Waals surface area contributed by atoms with Gasteiger partial charge in [-0.25, -0.2) is 4.39 Å². The van der Waals surface area contributed by atoms with E-state index in [9.17, 15) is 14.0 Å². The number of nitrogens with one attached hydrogen (secondary N) is 2. The standard InChI is InChI=1S/C18H13FN2O2S2/c19-12-4-1-5-13(10-12)20-17(22)15(11-14-6-2-8-24-14)21-18(23)16-7-3-9-25-16/h1-11H,(H,20,22)(H,21,23). The van der Waals surface area contributed by atoms with Crippen LogP contribution in [0.25, 0.3) is 6.08 Å². The third-order valence-corrected chi connectivity index (χ3v) is 4.84. The third-order valence-electron chi connectivity index (χ3n) is 3.15. The molecule has 0 aliphatic carbocycles. The van der Waals surface area contributed by atoms with Gasteiger partial charge in [0.1, 0.15) is 11.5 Å². The number of amides is 2. The molecule has 7 heteroatoms. The molecule has 4 nitrogen and oxygen atoms in total. The smallest absolute Gasteiger partial charge is 0.272 e. The van der Waals surface area contributed by atoms with Gasteiger partial charge < -0.3 is 10.6 Å². The molecule has 2 heterocycles. The van der Waals surface area contributed by atoms with Crippen LogP contribution in [0.3, 0.4) is 0 Å². The van der Waals surface area contributed by atoms with Crippen molar-refractivity contribution in [1.29, 1.82) is 0 Å². The van der Waals surface area contributed by atoms with Crippen LogP contribution in [0, 0.1) is 5.82 Å². The van der Waals surface area contributed by atoms with Crippen LogP contribution in [-0.2, 0) is 4.79 Å². The fraction of sp³-hybridized carbons (Fsp3) is 0. The van der Waals surface area contributed by atoms with Crippen LogP contribution >= 0.6 is 22.7 Å². The van der Waals surface area contributed by atoms with E-state index in [2.05, 4.69) is 10.6 Å². The lowest BCUT2D eigenvalue weighted by molar-refractivity contribution is -0.113. The number of rotatable bonds is 5. The largest absolute Gasteiger partial charge is 0.321 e. The van der Waals surface area contributed by atoms with E-state index in [-0.39, 0.29) is 11.6 Å². The van der Waals surface area contributed by atoms with Crippen molar-refractivity contribution in [2.75, 3.05) is 5.32 Å². The Morgan fingerprint density at radius 3 is 2.48 bits per heavy atom. The van der Waals surface area contributed by atoms with Crippen molar-refractivity contribution in [3.63, 3.8) is 0 Å². The van der Waals surface area contributed by atoms with Crippen LogP contribution < -0.4 is 10.6 Å². The number of carbonyl (C=O) groups is 2. The Kier molecular flexibility index (Phi) is 5.37. The molecule has 2 N–H and O–H groups in total. The fourth-order valence-electron chi connectivity index (χ4n) is 2.03. The molecule has 126 valence electrons. The predicted molar refractivity (Wildman–Crippen MR) is 99.1 cm³/mol. The minimum absolute atomic E-state index is 0.0881. The summed E-state index contributed by atoms with van der Waals surface area (Å²) in [6.45, 7) is 0. The lowest BCUT2D eigenvalue weighted by atomic mass is 10.2. The van der Waals surface area contributed by atoms with Crippen molar-refractivity contribution >= 4 is 46.3 Å². The van der Waals surface area contributed by atoms with E-state index < -0.39 is 11.7 Å². The van der Waals surface area contributed by atoms with Crippen molar-refractivity contribution in [2.45, 2.75) is 0 Å². The Hall–Kier alpha value is -2.77. The Morgan fingerprint density at radius 1 is 1.00 bits per heavy atom. The van der Waals surface area contributed by atoms with Gasteiger partial charge in [-0.2, -0.15) is 0 Å². The highest BCUT2D eigenvalue weighted by Gasteiger charge is 2.16. The first-order valence-electron chi connectivity index (χ1n) is 7.29. The molecule has 0 saturated heterocycles. The van der Waals surface area contributed by atoms with E-state index >= 15 is 0 Å². The van der Waals surface area contributed by atoms with Crippen LogP contribution in [0.15, 0.2) is 65.0 Å². The lowest BCUT2D eigenvalue weighted by Crippen LogP contribution is -2.30. The highest BCUT2D eigenvalue weighted by molar-refractivity contribution is 7.12. The number of benzene rings is 1. The zero-order valence-corrected chi connectivity index (χ0v) is 14.5. The first-order chi connectivity index (χ1) is 12.1. The highest BCUT2D eigenvalue weighted by atomic mass is 32.1. The Balaban J connectivity index is 1.83. The second-order valence-corrected chi connectivity index (χ2v) is 6.90. The van der Waals surface area contributed by atoms with Crippen molar-refractivity contribution in [1.82, 2.24) is 5.32 Å². The van der Waals surface area contributed by atoms with Crippen molar-refractivity contribution in [3.8, 4) is 0 Å². The van der Waals surface area contributed by atoms with Gasteiger partial charge in [-0.05, 0) is 47.2 Å². The molecule has 2 amide bonds. The Bertz CT molecular complexity index is 903. The second-order valence-electron chi connectivity index (χ2n) is 4.97. The topological polar surface area (TPSA) is 58.2 Å². The first-order valence-corrected chi connectivity index (χ1v) is 9.05. The summed E-state index contributed by atoms with van der Waals surface area (Å²) in [6, 6.07) is 12.7. The van der Waals surface area contributed by atoms with Gasteiger partial charge in [0.15, 0.2) is 0 Å². The summed E-state index contributed by atoms with van der Waals surface area (Å²) >= 11 is 2.72. The number of carbonyl (C=O) groups excluding carboxylic acids is 2. The highest BCUT2D eigenvalue weighted by Crippen LogP contribution is 2.16. The molecule has 0 atom stereocenters. The Labute approximate surface area is 151 Å². The maximum Gasteiger partial charge on any atom is 0.272 e. The number of anilines is 1. The first kappa shape index (κ1) is 17.1. The van der Waals surface area contributed by atoms with Gasteiger partial charge in [-0.1, -0.05) is 18.2 Å². The van der Waals surface area contributed by atoms with Crippen LogP contribution in [0.5, 0.6) is 0 Å². The Morgan fingerprint density at radius 2 is 1.80 bits per heavy atom. The molecule has 25 heavy (non-hydrogen) atoms. The minimum atomic E-state index is -0.524. The average Bonchev–Trinajstić information content (AvgIpc) is 3.28. The molecule has 0 aliphatic rings. The summed E-state index contributed by atoms with van der Waals surface area (Å²) in [5.41, 5.74) is 0.401. The monoisotopic (exact) mass is 372 g/mol. The van der Waals surface area contributed by atoms with E-state index in [0.717, 1.165) is 4.88 Å². The summed E-state index contributed by atoms with van der Waals surface area (Å²) in [5, 5.41) is 8.87. The SMILES string of the molecule is O=C(Nc1cccc(F)c1)C(=Cc1cccs1)NC(=O)c1cccs1. The van der Waals surface area contributed by atoms with Crippen LogP contribution in [0.4, 0.5) is 10.1 Å². The van der Waals surface area contributed by atoms with Crippen LogP contribution in [-0.4, -0.2) is 11.8 Å². The van der Waals surface area contributed by atoms with E-state index in [1.807, 2.05) is 17.5 Å². The second kappa shape index (κ2) is 7.87. The van der Waals surface area contributed by atoms with Crippen molar-refractivity contribution in [2.24, 2.45) is 0 Å². The van der Waals surface area contributed by atoms with E-state index in [0.29, 0.717) is 10.6 Å². The lowest BCUT2D eigenvalue weighted by Gasteiger charge is -2.10. The van der Waals surface area contributed by atoms with Gasteiger partial charge in [-0.3, -0.25) is 9.59 Å². The van der Waals surface area contributed by atoms with E-state index in [1.165, 1.54) is 40.9 Å². The normalized spacial score (nSPS) is 11.2. The molecule has 0 unspecified atom stereocenters. The molecule has 2 aromatic heterocycles. The predicted octanol–water partition coefficient (Wildman–Crippen LogP) is 4.36. The number of thiophene rings is 2. The number of hydrogen-bond acceptors (Lipinski definition) is 4. The molecule has 0 aliphatic heterocycles. The third kappa shape index (κ3) is 4.62. The zero-order valence-electron chi connectivity index (χ0n) is 12.9. The van der Waals surface area contributed by atoms with Gasteiger partial charge in [0, 0.05) is 10.6 Å². The van der Waals surface area contributed by atoms with Crippen LogP contribution in [0.2, 0.25) is 0 Å². The van der Waals surface area contributed by atoms with Gasteiger partial charge in [-0.15, -0.1) is 22.7 Å². The molecule has 0 bridgehead atoms. The summed E-state index contributed by atoms with van der Waals surface area (Å²) in [5.74, 6) is -1.35. The number of hydrogen-bond donors (Lipinski definition) is 2. The van der Waals surface area contributed by atoms with Crippen molar-refractivity contribution < 1.29 is 14.0 Å². The molecule has 0 fully saturated rings. The molecular weight excluding hydrogens is 359 g/mol. The van der Waals surface area contributed by atoms with Gasteiger partial charge >= 0.3 is 0 Å². The average molecular weight is 372 g/mol. The molecule has 1 aromatic carbocycles. The summed E-state index contributed by atoms with van der Waals surface area (Å²) in [7, 11) is 0. The van der Waals surface area contributed by atoms with Gasteiger partial charge in [0.05, 0.1) is 4.88 Å². The van der Waals surface area contributed by atoms with Crippen molar-refractivity contribution in [3.05, 3.63) is 80.6 Å². The molecule has 0 saturated carbocycles. The molecule has 3 rings (SSSR count). The van der Waals surface area contributed by atoms with E-state index in [4.69, 9.17) is 0 Å². The summed E-state index contributed by atoms with van der Waals surface area (Å²) in [6.07, 6.45) is 1.59. The quantitative estimate of drug-likeness (QED) is 0.654. The summed E-state index contributed by atoms with van der Waals surface area (Å²) < 4.78 is 13.3. The minimum Gasteiger partial charge on any atom is -0.321 e. The summed E-state index contributed by atoms with van der Waals surface area (Å²) in [4.78, 5) is 26.1. The van der Waals surface area contributed by atoms with Crippen LogP contribution in [0.1, 0.15) is 14.5 Å². The molecule has 0 spiro atoms. The van der Waals surface area contributed by atoms with E-state index in [1.54, 1.807) is 29.7 Å². The zero-order chi connectivity index (χ0) is 17.6. The fourth-order valence-corrected chi connectivity index (χ4v) is 3.31. The molecule has 0 radical (unpaired) electrons. The maximum absolute atomic E-state index is 13.3. The van der Waals surface area contributed by atoms with Gasteiger partial charge in [0.25, 0.3) is 11.8 Å². The molecular formula is C18H13FN2O2S2. The van der Waals surface area contributed by atoms with Gasteiger partial charge in [0.2, 0.25) is 0 Å². The molecule has 3 aromatic rings. The maximum atomic E-state index is 13.3.